The molecule has 0 spiro atoms. The number of thioether (sulfide) groups is 1. The summed E-state index contributed by atoms with van der Waals surface area (Å²) in [5.74, 6) is -0.543. The molecule has 1 fully saturated rings. The zero-order valence-electron chi connectivity index (χ0n) is 7.97. The Hall–Kier alpha value is -0.650. The van der Waals surface area contributed by atoms with Gasteiger partial charge in [0.1, 0.15) is 11.0 Å². The summed E-state index contributed by atoms with van der Waals surface area (Å²) in [6.07, 6.45) is -2.19. The highest BCUT2D eigenvalue weighted by Gasteiger charge is 2.38. The van der Waals surface area contributed by atoms with Crippen molar-refractivity contribution >= 4 is 17.7 Å². The standard InChI is InChI=1S/C9H11F3O2S/c1-6(9(10,11)12)8(13)14-7-4-2-3-5-15-7/h7H,1-5H2. The fraction of sp³-hybridized carbons (Fsp3) is 0.667. The van der Waals surface area contributed by atoms with Crippen LogP contribution >= 0.6 is 11.8 Å². The smallest absolute Gasteiger partial charge is 0.422 e. The number of hydrogen-bond donors (Lipinski definition) is 0. The molecule has 15 heavy (non-hydrogen) atoms. The Morgan fingerprint density at radius 3 is 2.53 bits per heavy atom. The predicted molar refractivity (Wildman–Crippen MR) is 51.4 cm³/mol. The van der Waals surface area contributed by atoms with Crippen molar-refractivity contribution in [3.05, 3.63) is 12.2 Å². The lowest BCUT2D eigenvalue weighted by Gasteiger charge is -2.22. The van der Waals surface area contributed by atoms with E-state index in [1.165, 1.54) is 11.8 Å². The third-order valence-corrected chi connectivity index (χ3v) is 3.19. The highest BCUT2D eigenvalue weighted by Crippen LogP contribution is 2.29. The summed E-state index contributed by atoms with van der Waals surface area (Å²) >= 11 is 1.37. The van der Waals surface area contributed by atoms with Gasteiger partial charge in [0.05, 0.1) is 0 Å². The van der Waals surface area contributed by atoms with Gasteiger partial charge in [-0.25, -0.2) is 4.79 Å². The minimum Gasteiger partial charge on any atom is -0.448 e. The van der Waals surface area contributed by atoms with Crippen molar-refractivity contribution in [3.8, 4) is 0 Å². The first kappa shape index (κ1) is 12.4. The van der Waals surface area contributed by atoms with Gasteiger partial charge in [0, 0.05) is 0 Å². The number of rotatable bonds is 2. The van der Waals surface area contributed by atoms with E-state index >= 15 is 0 Å². The average Bonchev–Trinajstić information content (AvgIpc) is 2.16. The van der Waals surface area contributed by atoms with Gasteiger partial charge < -0.3 is 4.74 Å². The minimum absolute atomic E-state index is 0.453. The third kappa shape index (κ3) is 3.77. The zero-order chi connectivity index (χ0) is 11.5. The molecule has 0 radical (unpaired) electrons. The Kier molecular flexibility index (Phi) is 4.07. The number of ether oxygens (including phenoxy) is 1. The molecule has 1 aliphatic heterocycles. The maximum absolute atomic E-state index is 12.0. The van der Waals surface area contributed by atoms with Gasteiger partial charge in [0.2, 0.25) is 0 Å². The Bertz CT molecular complexity index is 257. The van der Waals surface area contributed by atoms with E-state index in [4.69, 9.17) is 0 Å². The third-order valence-electron chi connectivity index (χ3n) is 1.96. The molecule has 1 aliphatic rings. The fourth-order valence-electron chi connectivity index (χ4n) is 1.11. The Morgan fingerprint density at radius 2 is 2.07 bits per heavy atom. The molecule has 1 saturated heterocycles. The molecule has 1 unspecified atom stereocenters. The highest BCUT2D eigenvalue weighted by molar-refractivity contribution is 7.99. The molecule has 86 valence electrons. The summed E-state index contributed by atoms with van der Waals surface area (Å²) in [7, 11) is 0. The van der Waals surface area contributed by atoms with Crippen LogP contribution in [0.5, 0.6) is 0 Å². The van der Waals surface area contributed by atoms with Gasteiger partial charge >= 0.3 is 12.1 Å². The quantitative estimate of drug-likeness (QED) is 0.548. The first-order valence-corrected chi connectivity index (χ1v) is 5.55. The second kappa shape index (κ2) is 4.92. The molecule has 0 N–H and O–H groups in total. The molecule has 0 aliphatic carbocycles. The van der Waals surface area contributed by atoms with E-state index in [9.17, 15) is 18.0 Å². The van der Waals surface area contributed by atoms with Crippen LogP contribution in [0.15, 0.2) is 12.2 Å². The van der Waals surface area contributed by atoms with E-state index in [2.05, 4.69) is 11.3 Å². The largest absolute Gasteiger partial charge is 0.448 e. The van der Waals surface area contributed by atoms with Gasteiger partial charge in [-0.05, 0) is 25.0 Å². The van der Waals surface area contributed by atoms with Gasteiger partial charge in [-0.15, -0.1) is 11.8 Å². The summed E-state index contributed by atoms with van der Waals surface area (Å²) in [6.45, 7) is 2.68. The number of alkyl halides is 3. The normalized spacial score (nSPS) is 22.2. The number of carbonyl (C=O) groups excluding carboxylic acids is 1. The molecule has 1 rings (SSSR count). The van der Waals surface area contributed by atoms with Gasteiger partial charge in [0.25, 0.3) is 0 Å². The van der Waals surface area contributed by atoms with Crippen LogP contribution in [0, 0.1) is 0 Å². The molecule has 6 heteroatoms. The number of carbonyl (C=O) groups is 1. The van der Waals surface area contributed by atoms with Crippen LogP contribution in [0.25, 0.3) is 0 Å². The molecule has 0 aromatic rings. The van der Waals surface area contributed by atoms with Crippen LogP contribution in [0.4, 0.5) is 13.2 Å². The molecule has 1 heterocycles. The molecular weight excluding hydrogens is 229 g/mol. The van der Waals surface area contributed by atoms with Crippen LogP contribution in [0.1, 0.15) is 19.3 Å². The molecule has 0 bridgehead atoms. The molecule has 0 aromatic carbocycles. The lowest BCUT2D eigenvalue weighted by molar-refractivity contribution is -0.152. The van der Waals surface area contributed by atoms with Crippen molar-refractivity contribution in [2.24, 2.45) is 0 Å². The van der Waals surface area contributed by atoms with Crippen LogP contribution in [0.2, 0.25) is 0 Å². The number of esters is 1. The van der Waals surface area contributed by atoms with Gasteiger partial charge in [0.15, 0.2) is 0 Å². The molecular formula is C9H11F3O2S. The summed E-state index contributed by atoms with van der Waals surface area (Å²) in [5, 5.41) is 0. The zero-order valence-corrected chi connectivity index (χ0v) is 8.79. The maximum Gasteiger partial charge on any atom is 0.422 e. The average molecular weight is 240 g/mol. The van der Waals surface area contributed by atoms with Gasteiger partial charge in [-0.2, -0.15) is 13.2 Å². The van der Waals surface area contributed by atoms with E-state index in [0.29, 0.717) is 6.42 Å². The van der Waals surface area contributed by atoms with Crippen molar-refractivity contribution in [1.29, 1.82) is 0 Å². The molecule has 0 amide bonds. The summed E-state index contributed by atoms with van der Waals surface area (Å²) in [4.78, 5) is 11.0. The topological polar surface area (TPSA) is 26.3 Å². The van der Waals surface area contributed by atoms with E-state index in [1.807, 2.05) is 0 Å². The van der Waals surface area contributed by atoms with Gasteiger partial charge in [-0.1, -0.05) is 6.58 Å². The van der Waals surface area contributed by atoms with E-state index in [-0.39, 0.29) is 0 Å². The van der Waals surface area contributed by atoms with Crippen molar-refractivity contribution in [1.82, 2.24) is 0 Å². The van der Waals surface area contributed by atoms with Crippen LogP contribution in [-0.2, 0) is 9.53 Å². The highest BCUT2D eigenvalue weighted by atomic mass is 32.2. The van der Waals surface area contributed by atoms with Crippen molar-refractivity contribution in [3.63, 3.8) is 0 Å². The van der Waals surface area contributed by atoms with Gasteiger partial charge in [-0.3, -0.25) is 0 Å². The summed E-state index contributed by atoms with van der Waals surface area (Å²) in [6, 6.07) is 0. The Labute approximate surface area is 89.9 Å². The first-order chi connectivity index (χ1) is 6.91. The maximum atomic E-state index is 12.0. The van der Waals surface area contributed by atoms with Crippen LogP contribution in [-0.4, -0.2) is 23.3 Å². The molecule has 0 saturated carbocycles. The van der Waals surface area contributed by atoms with Crippen LogP contribution in [0.3, 0.4) is 0 Å². The van der Waals surface area contributed by atoms with E-state index < -0.39 is 23.2 Å². The van der Waals surface area contributed by atoms with Crippen LogP contribution < -0.4 is 0 Å². The molecule has 0 aromatic heterocycles. The van der Waals surface area contributed by atoms with Crippen molar-refractivity contribution in [2.45, 2.75) is 30.9 Å². The minimum atomic E-state index is -4.70. The molecule has 1 atom stereocenters. The Balaban J connectivity index is 2.44. The lowest BCUT2D eigenvalue weighted by Crippen LogP contribution is -2.25. The molecule has 2 nitrogen and oxygen atoms in total. The SMILES string of the molecule is C=C(C(=O)OC1CCCCS1)C(F)(F)F. The van der Waals surface area contributed by atoms with E-state index in [1.54, 1.807) is 0 Å². The second-order valence-electron chi connectivity index (χ2n) is 3.18. The summed E-state index contributed by atoms with van der Waals surface area (Å²) in [5.41, 5.74) is -1.89. The van der Waals surface area contributed by atoms with Crippen molar-refractivity contribution in [2.75, 3.05) is 5.75 Å². The Morgan fingerprint density at radius 1 is 1.40 bits per heavy atom. The van der Waals surface area contributed by atoms with E-state index in [0.717, 1.165) is 18.6 Å². The fourth-order valence-corrected chi connectivity index (χ4v) is 2.23. The van der Waals surface area contributed by atoms with Crippen molar-refractivity contribution < 1.29 is 22.7 Å². The number of halogens is 3. The summed E-state index contributed by atoms with van der Waals surface area (Å²) < 4.78 is 40.8. The monoisotopic (exact) mass is 240 g/mol. The number of hydrogen-bond acceptors (Lipinski definition) is 3. The lowest BCUT2D eigenvalue weighted by atomic mass is 10.2. The second-order valence-corrected chi connectivity index (χ2v) is 4.45. The predicted octanol–water partition coefficient (Wildman–Crippen LogP) is 2.89. The first-order valence-electron chi connectivity index (χ1n) is 4.50.